The van der Waals surface area contributed by atoms with E-state index in [0.717, 1.165) is 98.9 Å². The largest absolute Gasteiger partial charge is 0.495 e. The first-order chi connectivity index (χ1) is 21.5. The van der Waals surface area contributed by atoms with Gasteiger partial charge in [-0.15, -0.1) is 0 Å². The van der Waals surface area contributed by atoms with Gasteiger partial charge in [0.2, 0.25) is 5.95 Å². The molecule has 1 aromatic heterocycles. The molecule has 1 saturated heterocycles. The predicted molar refractivity (Wildman–Crippen MR) is 174 cm³/mol. The van der Waals surface area contributed by atoms with Crippen LogP contribution in [0, 0.1) is 6.92 Å². The molecule has 0 bridgehead atoms. The summed E-state index contributed by atoms with van der Waals surface area (Å²) in [7, 11) is 3.36. The zero-order valence-electron chi connectivity index (χ0n) is 26.2. The summed E-state index contributed by atoms with van der Waals surface area (Å²) in [5.74, 6) is 2.27. The van der Waals surface area contributed by atoms with Gasteiger partial charge in [0.25, 0.3) is 5.91 Å². The van der Waals surface area contributed by atoms with E-state index in [-0.39, 0.29) is 12.5 Å². The van der Waals surface area contributed by atoms with Gasteiger partial charge in [0.15, 0.2) is 0 Å². The number of aryl methyl sites for hydroxylation is 2. The van der Waals surface area contributed by atoms with Crippen LogP contribution in [0.2, 0.25) is 0 Å². The molecule has 0 spiro atoms. The van der Waals surface area contributed by atoms with Crippen LogP contribution in [0.4, 0.5) is 23.1 Å². The highest BCUT2D eigenvalue weighted by molar-refractivity contribution is 6.01. The summed E-state index contributed by atoms with van der Waals surface area (Å²) in [5, 5.41) is 19.0. The van der Waals surface area contributed by atoms with E-state index in [0.29, 0.717) is 23.5 Å². The van der Waals surface area contributed by atoms with Crippen LogP contribution in [0.3, 0.4) is 0 Å². The Morgan fingerprint density at radius 3 is 2.61 bits per heavy atom. The SMILES string of the molecule is CNC(=O)c1c(C)cccc1Nc1nc(Nc2cc3c(cc2OC)CC(N2CCN(CCO)CC2)CCC3)ncc1C1CC1. The van der Waals surface area contributed by atoms with E-state index in [2.05, 4.69) is 37.9 Å². The van der Waals surface area contributed by atoms with Crippen molar-refractivity contribution in [3.8, 4) is 5.75 Å². The van der Waals surface area contributed by atoms with Gasteiger partial charge in [-0.25, -0.2) is 4.98 Å². The van der Waals surface area contributed by atoms with Gasteiger partial charge in [0.05, 0.1) is 30.7 Å². The van der Waals surface area contributed by atoms with E-state index in [1.807, 2.05) is 31.3 Å². The molecular weight excluding hydrogens is 554 g/mol. The summed E-state index contributed by atoms with van der Waals surface area (Å²) in [6.07, 6.45) is 8.49. The van der Waals surface area contributed by atoms with Crippen molar-refractivity contribution in [3.05, 3.63) is 64.3 Å². The number of carbonyl (C=O) groups is 1. The maximum absolute atomic E-state index is 12.7. The normalized spacial score (nSPS) is 19.1. The number of aliphatic hydroxyl groups is 1. The first kappa shape index (κ1) is 30.3. The standard InChI is InChI=1S/C34H45N7O3/c1-22-6-4-9-28(31(22)33(43)35-2)37-32-27(23-10-11-23)21-36-34(39-32)38-29-19-24-7-5-8-26(18-25(24)20-30(29)44-3)41-14-12-40(13-15-41)16-17-42/h4,6,9,19-21,23,26,42H,5,7-8,10-18H2,1-3H3,(H,35,43)(H2,36,37,38,39). The number of carbonyl (C=O) groups excluding carboxylic acids is 1. The average Bonchev–Trinajstić information content (AvgIpc) is 3.89. The molecule has 1 saturated carbocycles. The third kappa shape index (κ3) is 6.67. The Morgan fingerprint density at radius 2 is 1.89 bits per heavy atom. The monoisotopic (exact) mass is 599 g/mol. The summed E-state index contributed by atoms with van der Waals surface area (Å²) >= 11 is 0. The molecule has 234 valence electrons. The first-order valence-corrected chi connectivity index (χ1v) is 16.0. The molecule has 10 heteroatoms. The second-order valence-electron chi connectivity index (χ2n) is 12.3. The number of nitrogens with one attached hydrogen (secondary N) is 3. The fourth-order valence-electron chi connectivity index (χ4n) is 6.74. The Balaban J connectivity index is 1.23. The predicted octanol–water partition coefficient (Wildman–Crippen LogP) is 4.38. The number of ether oxygens (including phenoxy) is 1. The maximum atomic E-state index is 12.7. The van der Waals surface area contributed by atoms with E-state index in [4.69, 9.17) is 14.7 Å². The summed E-state index contributed by atoms with van der Waals surface area (Å²) in [4.78, 5) is 27.3. The fourth-order valence-corrected chi connectivity index (χ4v) is 6.74. The van der Waals surface area contributed by atoms with Gasteiger partial charge < -0.3 is 25.8 Å². The smallest absolute Gasteiger partial charge is 0.253 e. The molecule has 1 atom stereocenters. The molecule has 2 aliphatic carbocycles. The Labute approximate surface area is 260 Å². The van der Waals surface area contributed by atoms with Gasteiger partial charge in [0.1, 0.15) is 11.6 Å². The molecule has 4 N–H and O–H groups in total. The van der Waals surface area contributed by atoms with Crippen molar-refractivity contribution in [2.24, 2.45) is 0 Å². The molecule has 3 aromatic rings. The van der Waals surface area contributed by atoms with Crippen molar-refractivity contribution >= 4 is 29.0 Å². The molecule has 10 nitrogen and oxygen atoms in total. The molecule has 2 fully saturated rings. The van der Waals surface area contributed by atoms with Crippen molar-refractivity contribution in [1.82, 2.24) is 25.1 Å². The number of anilines is 4. The van der Waals surface area contributed by atoms with Crippen LogP contribution in [-0.2, 0) is 12.8 Å². The molecule has 1 unspecified atom stereocenters. The van der Waals surface area contributed by atoms with Gasteiger partial charge in [-0.2, -0.15) is 4.98 Å². The Morgan fingerprint density at radius 1 is 1.07 bits per heavy atom. The number of rotatable bonds is 10. The van der Waals surface area contributed by atoms with Crippen LogP contribution < -0.4 is 20.7 Å². The van der Waals surface area contributed by atoms with E-state index in [1.54, 1.807) is 14.2 Å². The van der Waals surface area contributed by atoms with Crippen LogP contribution in [0.1, 0.15) is 64.2 Å². The number of hydrogen-bond donors (Lipinski definition) is 4. The first-order valence-electron chi connectivity index (χ1n) is 16.0. The summed E-state index contributed by atoms with van der Waals surface area (Å²) in [6, 6.07) is 10.7. The number of aliphatic hydroxyl groups excluding tert-OH is 1. The van der Waals surface area contributed by atoms with Crippen LogP contribution in [0.5, 0.6) is 5.75 Å². The number of amides is 1. The average molecular weight is 600 g/mol. The second kappa shape index (κ2) is 13.5. The third-order valence-electron chi connectivity index (χ3n) is 9.36. The Hall–Kier alpha value is -3.73. The third-order valence-corrected chi connectivity index (χ3v) is 9.36. The topological polar surface area (TPSA) is 115 Å². The zero-order chi connectivity index (χ0) is 30.6. The highest BCUT2D eigenvalue weighted by Gasteiger charge is 2.29. The number of β-amino-alcohol motifs (C(OH)–C–C–N with tert-alkyl or cyclic N) is 1. The minimum absolute atomic E-state index is 0.133. The lowest BCUT2D eigenvalue weighted by molar-refractivity contribution is 0.0805. The maximum Gasteiger partial charge on any atom is 0.253 e. The summed E-state index contributed by atoms with van der Waals surface area (Å²) in [5.41, 5.74) is 6.85. The molecule has 0 radical (unpaired) electrons. The number of methoxy groups -OCH3 is 1. The number of fused-ring (bicyclic) bond motifs is 1. The van der Waals surface area contributed by atoms with Crippen molar-refractivity contribution in [1.29, 1.82) is 0 Å². The van der Waals surface area contributed by atoms with E-state index in [9.17, 15) is 9.90 Å². The van der Waals surface area contributed by atoms with Gasteiger partial charge in [-0.1, -0.05) is 12.1 Å². The van der Waals surface area contributed by atoms with Crippen LogP contribution in [0.15, 0.2) is 36.5 Å². The van der Waals surface area contributed by atoms with Gasteiger partial charge in [0, 0.05) is 57.6 Å². The highest BCUT2D eigenvalue weighted by Crippen LogP contribution is 2.44. The summed E-state index contributed by atoms with van der Waals surface area (Å²) in [6.45, 7) is 7.07. The van der Waals surface area contributed by atoms with Crippen molar-refractivity contribution in [3.63, 3.8) is 0 Å². The lowest BCUT2D eigenvalue weighted by Gasteiger charge is -2.39. The minimum atomic E-state index is -0.133. The quantitative estimate of drug-likeness (QED) is 0.252. The molecule has 3 aliphatic rings. The van der Waals surface area contributed by atoms with Crippen molar-refractivity contribution in [2.45, 2.75) is 57.4 Å². The van der Waals surface area contributed by atoms with E-state index < -0.39 is 0 Å². The van der Waals surface area contributed by atoms with Crippen molar-refractivity contribution < 1.29 is 14.6 Å². The lowest BCUT2D eigenvalue weighted by Crippen LogP contribution is -2.51. The molecule has 2 aromatic carbocycles. The zero-order valence-corrected chi connectivity index (χ0v) is 26.2. The fraction of sp³-hybridized carbons (Fsp3) is 0.500. The van der Waals surface area contributed by atoms with Crippen LogP contribution >= 0.6 is 0 Å². The number of hydrogen-bond acceptors (Lipinski definition) is 9. The number of nitrogens with zero attached hydrogens (tertiary/aromatic N) is 4. The van der Waals surface area contributed by atoms with E-state index in [1.165, 1.54) is 17.5 Å². The van der Waals surface area contributed by atoms with Gasteiger partial charge >= 0.3 is 0 Å². The number of benzene rings is 2. The number of piperazine rings is 1. The van der Waals surface area contributed by atoms with E-state index >= 15 is 0 Å². The van der Waals surface area contributed by atoms with Crippen molar-refractivity contribution in [2.75, 3.05) is 64.1 Å². The lowest BCUT2D eigenvalue weighted by atomic mass is 9.99. The van der Waals surface area contributed by atoms with Crippen LogP contribution in [-0.4, -0.2) is 90.3 Å². The van der Waals surface area contributed by atoms with Crippen LogP contribution in [0.25, 0.3) is 0 Å². The summed E-state index contributed by atoms with van der Waals surface area (Å²) < 4.78 is 5.89. The Bertz CT molecular complexity index is 1480. The molecular formula is C34H45N7O3. The van der Waals surface area contributed by atoms with Gasteiger partial charge in [-0.3, -0.25) is 14.6 Å². The van der Waals surface area contributed by atoms with Gasteiger partial charge in [-0.05, 0) is 86.3 Å². The molecule has 1 aliphatic heterocycles. The molecule has 2 heterocycles. The number of aromatic nitrogens is 2. The Kier molecular flexibility index (Phi) is 9.30. The highest BCUT2D eigenvalue weighted by atomic mass is 16.5. The second-order valence-corrected chi connectivity index (χ2v) is 12.3. The molecule has 44 heavy (non-hydrogen) atoms. The molecule has 6 rings (SSSR count). The molecule has 1 amide bonds. The minimum Gasteiger partial charge on any atom is -0.495 e.